The first-order valence-corrected chi connectivity index (χ1v) is 9.06. The second-order valence-electron chi connectivity index (χ2n) is 6.01. The number of aryl methyl sites for hydroxylation is 1. The zero-order chi connectivity index (χ0) is 18.8. The van der Waals surface area contributed by atoms with E-state index in [1.165, 1.54) is 0 Å². The summed E-state index contributed by atoms with van der Waals surface area (Å²) in [5, 5.41) is 5.47. The van der Waals surface area contributed by atoms with Gasteiger partial charge in [0.05, 0.1) is 10.7 Å². The van der Waals surface area contributed by atoms with Gasteiger partial charge in [-0.2, -0.15) is 0 Å². The lowest BCUT2D eigenvalue weighted by atomic mass is 10.2. The van der Waals surface area contributed by atoms with Crippen molar-refractivity contribution in [2.45, 2.75) is 6.92 Å². The Balaban J connectivity index is 1.59. The van der Waals surface area contributed by atoms with Gasteiger partial charge in [0, 0.05) is 28.0 Å². The lowest BCUT2D eigenvalue weighted by Crippen LogP contribution is -1.95. The highest BCUT2D eigenvalue weighted by molar-refractivity contribution is 6.32. The van der Waals surface area contributed by atoms with Gasteiger partial charge in [-0.1, -0.05) is 23.2 Å². The molecule has 0 spiro atoms. The number of anilines is 2. The van der Waals surface area contributed by atoms with E-state index in [0.717, 1.165) is 22.5 Å². The zero-order valence-corrected chi connectivity index (χ0v) is 15.9. The highest BCUT2D eigenvalue weighted by Crippen LogP contribution is 2.33. The predicted molar refractivity (Wildman–Crippen MR) is 111 cm³/mol. The van der Waals surface area contributed by atoms with Gasteiger partial charge in [0.25, 0.3) is 0 Å². The van der Waals surface area contributed by atoms with Crippen molar-refractivity contribution < 1.29 is 4.74 Å². The maximum Gasteiger partial charge on any atom is 0.161 e. The molecule has 2 heterocycles. The summed E-state index contributed by atoms with van der Waals surface area (Å²) in [6.07, 6.45) is 1.73. The number of rotatable bonds is 4. The lowest BCUT2D eigenvalue weighted by molar-refractivity contribution is 0.483. The van der Waals surface area contributed by atoms with Crippen molar-refractivity contribution in [3.05, 3.63) is 82.6 Å². The molecule has 4 rings (SSSR count). The van der Waals surface area contributed by atoms with E-state index in [4.69, 9.17) is 27.9 Å². The van der Waals surface area contributed by atoms with Crippen LogP contribution >= 0.6 is 23.2 Å². The standard InChI is InChI=1S/C21H15Cl2N3O/c1-13-2-8-17-19(10-11-24-21(17)25-13)26-15-5-9-20(18(23)12-15)27-16-6-3-14(22)4-7-16/h2-12H,1H3,(H,24,25,26). The first kappa shape index (κ1) is 17.6. The van der Waals surface area contributed by atoms with E-state index in [1.807, 2.05) is 43.3 Å². The molecular formula is C21H15Cl2N3O. The van der Waals surface area contributed by atoms with E-state index < -0.39 is 0 Å². The predicted octanol–water partition coefficient (Wildman–Crippen LogP) is 6.78. The molecule has 0 fully saturated rings. The fourth-order valence-corrected chi connectivity index (χ4v) is 3.02. The van der Waals surface area contributed by atoms with Crippen molar-refractivity contribution in [3.8, 4) is 11.5 Å². The Labute approximate surface area is 166 Å². The van der Waals surface area contributed by atoms with Crippen molar-refractivity contribution in [2.75, 3.05) is 5.32 Å². The summed E-state index contributed by atoms with van der Waals surface area (Å²) >= 11 is 12.3. The van der Waals surface area contributed by atoms with Gasteiger partial charge in [0.1, 0.15) is 11.5 Å². The SMILES string of the molecule is Cc1ccc2c(Nc3ccc(Oc4ccc(Cl)cc4)c(Cl)c3)ccnc2n1. The molecule has 4 aromatic rings. The van der Waals surface area contributed by atoms with Crippen LogP contribution in [0, 0.1) is 6.92 Å². The third-order valence-corrected chi connectivity index (χ3v) is 4.54. The summed E-state index contributed by atoms with van der Waals surface area (Å²) in [6, 6.07) is 18.6. The molecule has 0 saturated heterocycles. The second-order valence-corrected chi connectivity index (χ2v) is 6.85. The van der Waals surface area contributed by atoms with Gasteiger partial charge in [0.15, 0.2) is 5.65 Å². The van der Waals surface area contributed by atoms with E-state index in [0.29, 0.717) is 27.2 Å². The van der Waals surface area contributed by atoms with Gasteiger partial charge in [0.2, 0.25) is 0 Å². The molecule has 134 valence electrons. The summed E-state index contributed by atoms with van der Waals surface area (Å²) in [7, 11) is 0. The molecule has 2 aromatic heterocycles. The monoisotopic (exact) mass is 395 g/mol. The van der Waals surface area contributed by atoms with Crippen molar-refractivity contribution in [1.82, 2.24) is 9.97 Å². The molecule has 0 radical (unpaired) electrons. The number of aromatic nitrogens is 2. The Hall–Kier alpha value is -2.82. The normalized spacial score (nSPS) is 10.8. The van der Waals surface area contributed by atoms with Gasteiger partial charge < -0.3 is 10.1 Å². The molecule has 0 bridgehead atoms. The van der Waals surface area contributed by atoms with Gasteiger partial charge >= 0.3 is 0 Å². The van der Waals surface area contributed by atoms with E-state index in [2.05, 4.69) is 15.3 Å². The summed E-state index contributed by atoms with van der Waals surface area (Å²) in [5.74, 6) is 1.24. The van der Waals surface area contributed by atoms with Crippen molar-refractivity contribution in [1.29, 1.82) is 0 Å². The molecule has 4 nitrogen and oxygen atoms in total. The van der Waals surface area contributed by atoms with Crippen molar-refractivity contribution in [2.24, 2.45) is 0 Å². The lowest BCUT2D eigenvalue weighted by Gasteiger charge is -2.12. The van der Waals surface area contributed by atoms with E-state index >= 15 is 0 Å². The minimum Gasteiger partial charge on any atom is -0.456 e. The van der Waals surface area contributed by atoms with Crippen LogP contribution in [0.4, 0.5) is 11.4 Å². The number of hydrogen-bond donors (Lipinski definition) is 1. The minimum absolute atomic E-state index is 0.502. The average Bonchev–Trinajstić information content (AvgIpc) is 2.65. The number of ether oxygens (including phenoxy) is 1. The number of nitrogens with one attached hydrogen (secondary N) is 1. The second kappa shape index (κ2) is 7.43. The highest BCUT2D eigenvalue weighted by Gasteiger charge is 2.08. The molecule has 0 atom stereocenters. The van der Waals surface area contributed by atoms with Gasteiger partial charge in [-0.3, -0.25) is 0 Å². The van der Waals surface area contributed by atoms with Crippen LogP contribution in [0.1, 0.15) is 5.69 Å². The number of benzene rings is 2. The third kappa shape index (κ3) is 3.97. The van der Waals surface area contributed by atoms with Crippen LogP contribution < -0.4 is 10.1 Å². The van der Waals surface area contributed by atoms with Crippen molar-refractivity contribution >= 4 is 45.6 Å². The molecule has 0 aliphatic heterocycles. The summed E-state index contributed by atoms with van der Waals surface area (Å²) in [4.78, 5) is 8.78. The zero-order valence-electron chi connectivity index (χ0n) is 14.4. The van der Waals surface area contributed by atoms with Crippen molar-refractivity contribution in [3.63, 3.8) is 0 Å². The fraction of sp³-hybridized carbons (Fsp3) is 0.0476. The first-order chi connectivity index (χ1) is 13.1. The summed E-state index contributed by atoms with van der Waals surface area (Å²) in [6.45, 7) is 1.94. The molecule has 6 heteroatoms. The molecule has 0 aliphatic carbocycles. The molecule has 1 N–H and O–H groups in total. The number of pyridine rings is 2. The van der Waals surface area contributed by atoms with Crippen LogP contribution in [0.15, 0.2) is 66.9 Å². The minimum atomic E-state index is 0.502. The molecular weight excluding hydrogens is 381 g/mol. The van der Waals surface area contributed by atoms with Crippen LogP contribution in [0.2, 0.25) is 10.0 Å². The van der Waals surface area contributed by atoms with E-state index in [1.54, 1.807) is 30.5 Å². The Morgan fingerprint density at radius 2 is 1.74 bits per heavy atom. The first-order valence-electron chi connectivity index (χ1n) is 8.31. The molecule has 0 amide bonds. The van der Waals surface area contributed by atoms with Gasteiger partial charge in [-0.05, 0) is 67.6 Å². The molecule has 27 heavy (non-hydrogen) atoms. The number of fused-ring (bicyclic) bond motifs is 1. The largest absolute Gasteiger partial charge is 0.456 e. The van der Waals surface area contributed by atoms with Gasteiger partial charge in [-0.25, -0.2) is 9.97 Å². The fourth-order valence-electron chi connectivity index (χ4n) is 2.68. The number of hydrogen-bond acceptors (Lipinski definition) is 4. The maximum atomic E-state index is 6.40. The van der Waals surface area contributed by atoms with E-state index in [-0.39, 0.29) is 0 Å². The molecule has 0 unspecified atom stereocenters. The van der Waals surface area contributed by atoms with Gasteiger partial charge in [-0.15, -0.1) is 0 Å². The quantitative estimate of drug-likeness (QED) is 0.413. The van der Waals surface area contributed by atoms with Crippen LogP contribution in [0.5, 0.6) is 11.5 Å². The molecule has 2 aromatic carbocycles. The third-order valence-electron chi connectivity index (χ3n) is 3.99. The highest BCUT2D eigenvalue weighted by atomic mass is 35.5. The Bertz CT molecular complexity index is 1110. The van der Waals surface area contributed by atoms with Crippen LogP contribution in [-0.2, 0) is 0 Å². The average molecular weight is 396 g/mol. The van der Waals surface area contributed by atoms with Crippen LogP contribution in [-0.4, -0.2) is 9.97 Å². The number of nitrogens with zero attached hydrogens (tertiary/aromatic N) is 2. The smallest absolute Gasteiger partial charge is 0.161 e. The Morgan fingerprint density at radius 3 is 2.52 bits per heavy atom. The topological polar surface area (TPSA) is 47.0 Å². The molecule has 0 saturated carbocycles. The van der Waals surface area contributed by atoms with E-state index in [9.17, 15) is 0 Å². The number of halogens is 2. The maximum absolute atomic E-state index is 6.40. The summed E-state index contributed by atoms with van der Waals surface area (Å²) in [5.41, 5.74) is 3.39. The Morgan fingerprint density at radius 1 is 0.926 bits per heavy atom. The molecule has 0 aliphatic rings. The van der Waals surface area contributed by atoms with Crippen LogP contribution in [0.25, 0.3) is 11.0 Å². The summed E-state index contributed by atoms with van der Waals surface area (Å²) < 4.78 is 5.81. The Kier molecular flexibility index (Phi) is 4.84. The van der Waals surface area contributed by atoms with Crippen LogP contribution in [0.3, 0.4) is 0 Å².